The largest absolute Gasteiger partial charge is 0.366 e. The van der Waals surface area contributed by atoms with Crippen molar-refractivity contribution in [2.45, 2.75) is 6.42 Å². The molecule has 0 unspecified atom stereocenters. The molecule has 6 nitrogen and oxygen atoms in total. The molecule has 1 aromatic rings. The van der Waals surface area contributed by atoms with E-state index in [1.807, 2.05) is 7.05 Å². The number of nitrogens with zero attached hydrogens (tertiary/aromatic N) is 3. The van der Waals surface area contributed by atoms with Gasteiger partial charge in [0.25, 0.3) is 0 Å². The number of hydrogen-bond donors (Lipinski definition) is 3. The quantitative estimate of drug-likeness (QED) is 0.455. The number of nitrogens with two attached hydrogens (primary N) is 2. The second-order valence-electron chi connectivity index (χ2n) is 2.20. The standard InChI is InChI=1S/C5H12N6/c1-8-3-2-4-9-10-5(6)11(4)7/h8H,2-3,7H2,1H3,(H2,6,10). The molecule has 6 heteroatoms. The van der Waals surface area contributed by atoms with Gasteiger partial charge in [0.1, 0.15) is 0 Å². The van der Waals surface area contributed by atoms with Gasteiger partial charge in [-0.2, -0.15) is 0 Å². The zero-order valence-electron chi connectivity index (χ0n) is 6.41. The first-order valence-corrected chi connectivity index (χ1v) is 3.35. The lowest BCUT2D eigenvalue weighted by Crippen LogP contribution is -2.19. The van der Waals surface area contributed by atoms with Crippen LogP contribution in [0.25, 0.3) is 0 Å². The van der Waals surface area contributed by atoms with Gasteiger partial charge < -0.3 is 16.9 Å². The van der Waals surface area contributed by atoms with Crippen molar-refractivity contribution in [1.29, 1.82) is 0 Å². The van der Waals surface area contributed by atoms with Crippen LogP contribution in [0.2, 0.25) is 0 Å². The zero-order chi connectivity index (χ0) is 8.27. The Bertz CT molecular complexity index is 229. The summed E-state index contributed by atoms with van der Waals surface area (Å²) in [5.41, 5.74) is 5.36. The average molecular weight is 156 g/mol. The second kappa shape index (κ2) is 3.20. The van der Waals surface area contributed by atoms with E-state index in [0.717, 1.165) is 13.0 Å². The topological polar surface area (TPSA) is 94.8 Å². The summed E-state index contributed by atoms with van der Waals surface area (Å²) in [4.78, 5) is 0. The van der Waals surface area contributed by atoms with E-state index in [-0.39, 0.29) is 5.95 Å². The number of nitrogen functional groups attached to an aromatic ring is 2. The van der Waals surface area contributed by atoms with Crippen molar-refractivity contribution in [3.63, 3.8) is 0 Å². The summed E-state index contributed by atoms with van der Waals surface area (Å²) in [6, 6.07) is 0. The van der Waals surface area contributed by atoms with Gasteiger partial charge in [-0.25, -0.2) is 4.68 Å². The van der Waals surface area contributed by atoms with Crippen molar-refractivity contribution >= 4 is 5.95 Å². The Hall–Kier alpha value is -1.30. The molecule has 0 amide bonds. The highest BCUT2D eigenvalue weighted by Gasteiger charge is 2.03. The first-order chi connectivity index (χ1) is 5.25. The third-order valence-corrected chi connectivity index (χ3v) is 1.39. The van der Waals surface area contributed by atoms with Crippen molar-refractivity contribution in [1.82, 2.24) is 20.2 Å². The minimum Gasteiger partial charge on any atom is -0.366 e. The Morgan fingerprint density at radius 1 is 1.55 bits per heavy atom. The van der Waals surface area contributed by atoms with E-state index in [9.17, 15) is 0 Å². The van der Waals surface area contributed by atoms with Crippen LogP contribution in [0.15, 0.2) is 0 Å². The summed E-state index contributed by atoms with van der Waals surface area (Å²) >= 11 is 0. The number of nitrogens with one attached hydrogen (secondary N) is 1. The molecule has 0 aliphatic heterocycles. The van der Waals surface area contributed by atoms with E-state index in [1.165, 1.54) is 4.68 Å². The number of aromatic nitrogens is 3. The molecule has 0 bridgehead atoms. The van der Waals surface area contributed by atoms with E-state index in [2.05, 4.69) is 15.5 Å². The Morgan fingerprint density at radius 2 is 2.27 bits per heavy atom. The van der Waals surface area contributed by atoms with Gasteiger partial charge in [0, 0.05) is 13.0 Å². The van der Waals surface area contributed by atoms with Gasteiger partial charge >= 0.3 is 0 Å². The molecule has 5 N–H and O–H groups in total. The van der Waals surface area contributed by atoms with Crippen LogP contribution in [-0.4, -0.2) is 28.5 Å². The highest BCUT2D eigenvalue weighted by atomic mass is 15.4. The summed E-state index contributed by atoms with van der Waals surface area (Å²) < 4.78 is 1.29. The third kappa shape index (κ3) is 1.58. The normalized spacial score (nSPS) is 10.3. The molecule has 11 heavy (non-hydrogen) atoms. The molecule has 0 atom stereocenters. The van der Waals surface area contributed by atoms with Crippen LogP contribution in [0.3, 0.4) is 0 Å². The Morgan fingerprint density at radius 3 is 2.73 bits per heavy atom. The van der Waals surface area contributed by atoms with Gasteiger partial charge in [-0.1, -0.05) is 0 Å². The third-order valence-electron chi connectivity index (χ3n) is 1.39. The fourth-order valence-electron chi connectivity index (χ4n) is 0.745. The number of hydrogen-bond acceptors (Lipinski definition) is 5. The molecule has 0 aliphatic carbocycles. The summed E-state index contributed by atoms with van der Waals surface area (Å²) in [5.74, 6) is 6.42. The maximum Gasteiger partial charge on any atom is 0.240 e. The fourth-order valence-corrected chi connectivity index (χ4v) is 0.745. The van der Waals surface area contributed by atoms with Gasteiger partial charge in [0.2, 0.25) is 5.95 Å². The Kier molecular flexibility index (Phi) is 2.27. The van der Waals surface area contributed by atoms with Crippen LogP contribution in [0, 0.1) is 0 Å². The second-order valence-corrected chi connectivity index (χ2v) is 2.20. The summed E-state index contributed by atoms with van der Waals surface area (Å²) in [5, 5.41) is 10.4. The lowest BCUT2D eigenvalue weighted by molar-refractivity contribution is 0.733. The molecular weight excluding hydrogens is 144 g/mol. The van der Waals surface area contributed by atoms with Crippen LogP contribution < -0.4 is 16.9 Å². The first-order valence-electron chi connectivity index (χ1n) is 3.35. The fraction of sp³-hybridized carbons (Fsp3) is 0.600. The maximum absolute atomic E-state index is 5.48. The lowest BCUT2D eigenvalue weighted by atomic mass is 10.4. The van der Waals surface area contributed by atoms with Gasteiger partial charge in [-0.3, -0.25) is 0 Å². The molecule has 0 saturated heterocycles. The van der Waals surface area contributed by atoms with Crippen LogP contribution in [0.5, 0.6) is 0 Å². The zero-order valence-corrected chi connectivity index (χ0v) is 6.41. The smallest absolute Gasteiger partial charge is 0.240 e. The minimum absolute atomic E-state index is 0.246. The van der Waals surface area contributed by atoms with Crippen molar-refractivity contribution < 1.29 is 0 Å². The first kappa shape index (κ1) is 7.80. The summed E-state index contributed by atoms with van der Waals surface area (Å²) in [6.45, 7) is 0.815. The predicted molar refractivity (Wildman–Crippen MR) is 42.2 cm³/mol. The van der Waals surface area contributed by atoms with Gasteiger partial charge in [0.05, 0.1) is 0 Å². The van der Waals surface area contributed by atoms with E-state index in [1.54, 1.807) is 0 Å². The molecule has 0 spiro atoms. The molecular formula is C5H12N6. The SMILES string of the molecule is CNCCc1nnc(N)n1N. The summed E-state index contributed by atoms with van der Waals surface area (Å²) in [6.07, 6.45) is 0.733. The van der Waals surface area contributed by atoms with Crippen LogP contribution >= 0.6 is 0 Å². The van der Waals surface area contributed by atoms with E-state index in [4.69, 9.17) is 11.6 Å². The highest BCUT2D eigenvalue weighted by Crippen LogP contribution is 1.96. The van der Waals surface area contributed by atoms with Gasteiger partial charge in [-0.05, 0) is 7.05 Å². The monoisotopic (exact) mass is 156 g/mol. The van der Waals surface area contributed by atoms with E-state index in [0.29, 0.717) is 5.82 Å². The molecule has 1 rings (SSSR count). The molecule has 0 saturated carbocycles. The summed E-state index contributed by atoms with van der Waals surface area (Å²) in [7, 11) is 1.86. The van der Waals surface area contributed by atoms with Crippen LogP contribution in [-0.2, 0) is 6.42 Å². The van der Waals surface area contributed by atoms with Crippen LogP contribution in [0.1, 0.15) is 5.82 Å². The van der Waals surface area contributed by atoms with Crippen LogP contribution in [0.4, 0.5) is 5.95 Å². The number of anilines is 1. The average Bonchev–Trinajstić information content (AvgIpc) is 2.31. The lowest BCUT2D eigenvalue weighted by Gasteiger charge is -1.99. The van der Waals surface area contributed by atoms with Crippen molar-refractivity contribution in [3.8, 4) is 0 Å². The van der Waals surface area contributed by atoms with Crippen molar-refractivity contribution in [3.05, 3.63) is 5.82 Å². The molecule has 0 radical (unpaired) electrons. The molecule has 0 aliphatic rings. The van der Waals surface area contributed by atoms with E-state index < -0.39 is 0 Å². The maximum atomic E-state index is 5.48. The molecule has 1 heterocycles. The molecule has 62 valence electrons. The Balaban J connectivity index is 2.63. The number of likely N-dealkylation sites (N-methyl/N-ethyl adjacent to an activating group) is 1. The number of rotatable bonds is 3. The van der Waals surface area contributed by atoms with Gasteiger partial charge in [0.15, 0.2) is 5.82 Å². The molecule has 0 aromatic carbocycles. The van der Waals surface area contributed by atoms with E-state index >= 15 is 0 Å². The van der Waals surface area contributed by atoms with Gasteiger partial charge in [-0.15, -0.1) is 10.2 Å². The van der Waals surface area contributed by atoms with Crippen molar-refractivity contribution in [2.75, 3.05) is 25.2 Å². The Labute approximate surface area is 64.6 Å². The molecule has 1 aromatic heterocycles. The van der Waals surface area contributed by atoms with Crippen molar-refractivity contribution in [2.24, 2.45) is 0 Å². The molecule has 0 fully saturated rings. The predicted octanol–water partition coefficient (Wildman–Crippen LogP) is -1.66. The highest BCUT2D eigenvalue weighted by molar-refractivity contribution is 5.17. The minimum atomic E-state index is 0.246.